The van der Waals surface area contributed by atoms with Crippen LogP contribution in [0.2, 0.25) is 0 Å². The molecule has 8 nitrogen and oxygen atoms in total. The van der Waals surface area contributed by atoms with E-state index in [1.165, 1.54) is 19.1 Å². The number of nitrogens with zero attached hydrogens (tertiary/aromatic N) is 3. The number of benzene rings is 2. The van der Waals surface area contributed by atoms with Crippen molar-refractivity contribution in [2.24, 2.45) is 0 Å². The molecule has 4 rings (SSSR count). The van der Waals surface area contributed by atoms with Gasteiger partial charge >= 0.3 is 5.97 Å². The number of carbonyl (C=O) groups is 2. The van der Waals surface area contributed by atoms with Gasteiger partial charge in [0.25, 0.3) is 5.56 Å². The molecular weight excluding hydrogens is 482 g/mol. The van der Waals surface area contributed by atoms with Gasteiger partial charge in [0.15, 0.2) is 0 Å². The van der Waals surface area contributed by atoms with Gasteiger partial charge in [-0.15, -0.1) is 0 Å². The number of esters is 1. The van der Waals surface area contributed by atoms with Gasteiger partial charge in [-0.2, -0.15) is 5.10 Å². The van der Waals surface area contributed by atoms with Gasteiger partial charge in [-0.1, -0.05) is 12.1 Å². The van der Waals surface area contributed by atoms with Crippen molar-refractivity contribution in [1.29, 1.82) is 0 Å². The number of rotatable bonds is 8. The van der Waals surface area contributed by atoms with Crippen LogP contribution in [-0.4, -0.2) is 32.8 Å². The van der Waals surface area contributed by atoms with E-state index in [4.69, 9.17) is 4.74 Å². The summed E-state index contributed by atoms with van der Waals surface area (Å²) < 4.78 is 35.6. The van der Waals surface area contributed by atoms with Crippen LogP contribution in [0.15, 0.2) is 53.3 Å². The highest BCUT2D eigenvalue weighted by atomic mass is 19.1. The molecule has 10 heteroatoms. The maximum absolute atomic E-state index is 14.2. The average molecular weight is 509 g/mol. The van der Waals surface area contributed by atoms with E-state index in [0.29, 0.717) is 11.4 Å². The summed E-state index contributed by atoms with van der Waals surface area (Å²) in [7, 11) is 0. The third-order valence-corrected chi connectivity index (χ3v) is 5.99. The first-order chi connectivity index (χ1) is 17.7. The predicted molar refractivity (Wildman–Crippen MR) is 134 cm³/mol. The molecule has 0 atom stereocenters. The lowest BCUT2D eigenvalue weighted by Crippen LogP contribution is -2.24. The molecule has 0 spiro atoms. The standard InChI is InChI=1S/C27H26F2N4O4/c1-4-37-26(36)15-32-16(2)21(27-23(30-17(3)34)6-5-7-24(27)32)13-20-10-11-25(35)33(31-20)14-18-8-9-19(28)12-22(18)29/h5-12H,4,13-15H2,1-3H3,(H,30,34). The van der Waals surface area contributed by atoms with Gasteiger partial charge in [0, 0.05) is 42.1 Å². The SMILES string of the molecule is CCOC(=O)Cn1c(C)c(Cc2ccc(=O)n(Cc3ccc(F)cc3F)n2)c2c(NC(C)=O)cccc21. The molecule has 0 saturated heterocycles. The van der Waals surface area contributed by atoms with Crippen molar-refractivity contribution >= 4 is 28.5 Å². The molecule has 0 aliphatic rings. The molecule has 1 amide bonds. The van der Waals surface area contributed by atoms with E-state index < -0.39 is 23.2 Å². The highest BCUT2D eigenvalue weighted by Gasteiger charge is 2.20. The van der Waals surface area contributed by atoms with Gasteiger partial charge < -0.3 is 14.6 Å². The highest BCUT2D eigenvalue weighted by Crippen LogP contribution is 2.33. The van der Waals surface area contributed by atoms with Crippen LogP contribution in [0.4, 0.5) is 14.5 Å². The molecule has 37 heavy (non-hydrogen) atoms. The number of hydrogen-bond donors (Lipinski definition) is 1. The van der Waals surface area contributed by atoms with E-state index in [1.807, 2.05) is 17.6 Å². The normalized spacial score (nSPS) is 11.1. The van der Waals surface area contributed by atoms with Gasteiger partial charge in [-0.3, -0.25) is 14.4 Å². The molecule has 2 heterocycles. The molecule has 0 fully saturated rings. The average Bonchev–Trinajstić information content (AvgIpc) is 3.09. The number of nitrogens with one attached hydrogen (secondary N) is 1. The maximum atomic E-state index is 14.2. The van der Waals surface area contributed by atoms with Gasteiger partial charge in [0.1, 0.15) is 18.2 Å². The van der Waals surface area contributed by atoms with Crippen LogP contribution < -0.4 is 10.9 Å². The van der Waals surface area contributed by atoms with E-state index in [1.54, 1.807) is 25.1 Å². The molecule has 0 radical (unpaired) electrons. The summed E-state index contributed by atoms with van der Waals surface area (Å²) in [5, 5.41) is 8.00. The fourth-order valence-corrected chi connectivity index (χ4v) is 4.35. The topological polar surface area (TPSA) is 95.2 Å². The minimum atomic E-state index is -0.767. The molecule has 0 aliphatic heterocycles. The summed E-state index contributed by atoms with van der Waals surface area (Å²) in [5.74, 6) is -2.12. The molecule has 192 valence electrons. The zero-order valence-corrected chi connectivity index (χ0v) is 20.7. The van der Waals surface area contributed by atoms with E-state index in [-0.39, 0.29) is 37.6 Å². The maximum Gasteiger partial charge on any atom is 0.325 e. The summed E-state index contributed by atoms with van der Waals surface area (Å²) >= 11 is 0. The summed E-state index contributed by atoms with van der Waals surface area (Å²) in [6.07, 6.45) is 0.265. The number of aromatic nitrogens is 3. The Bertz CT molecular complexity index is 1560. The van der Waals surface area contributed by atoms with Gasteiger partial charge in [-0.05, 0) is 43.7 Å². The molecule has 1 N–H and O–H groups in total. The molecule has 4 aromatic rings. The smallest absolute Gasteiger partial charge is 0.325 e. The molecular formula is C27H26F2N4O4. The van der Waals surface area contributed by atoms with Crippen molar-refractivity contribution < 1.29 is 23.1 Å². The number of amides is 1. The van der Waals surface area contributed by atoms with Crippen LogP contribution >= 0.6 is 0 Å². The second-order valence-corrected chi connectivity index (χ2v) is 8.57. The third kappa shape index (κ3) is 5.58. The number of fused-ring (bicyclic) bond motifs is 1. The lowest BCUT2D eigenvalue weighted by Gasteiger charge is -2.10. The Morgan fingerprint density at radius 1 is 1.11 bits per heavy atom. The lowest BCUT2D eigenvalue weighted by atomic mass is 10.0. The summed E-state index contributed by atoms with van der Waals surface area (Å²) in [4.78, 5) is 36.7. The van der Waals surface area contributed by atoms with Crippen molar-refractivity contribution in [2.75, 3.05) is 11.9 Å². The van der Waals surface area contributed by atoms with Gasteiger partial charge in [0.2, 0.25) is 5.91 Å². The van der Waals surface area contributed by atoms with Crippen LogP contribution in [0.5, 0.6) is 0 Å². The molecule has 0 saturated carbocycles. The molecule has 2 aromatic heterocycles. The monoisotopic (exact) mass is 508 g/mol. The minimum absolute atomic E-state index is 0.0174. The van der Waals surface area contributed by atoms with Crippen molar-refractivity contribution in [1.82, 2.24) is 14.3 Å². The van der Waals surface area contributed by atoms with E-state index in [2.05, 4.69) is 10.4 Å². The molecule has 0 unspecified atom stereocenters. The number of hydrogen-bond acceptors (Lipinski definition) is 5. The zero-order chi connectivity index (χ0) is 26.7. The van der Waals surface area contributed by atoms with Gasteiger partial charge in [-0.25, -0.2) is 13.5 Å². The number of anilines is 1. The fourth-order valence-electron chi connectivity index (χ4n) is 4.35. The van der Waals surface area contributed by atoms with Crippen molar-refractivity contribution in [3.63, 3.8) is 0 Å². The first-order valence-electron chi connectivity index (χ1n) is 11.7. The second-order valence-electron chi connectivity index (χ2n) is 8.57. The Kier molecular flexibility index (Phi) is 7.47. The minimum Gasteiger partial charge on any atom is -0.465 e. The van der Waals surface area contributed by atoms with E-state index in [0.717, 1.165) is 39.0 Å². The first-order valence-corrected chi connectivity index (χ1v) is 11.7. The zero-order valence-electron chi connectivity index (χ0n) is 20.7. The number of carbonyl (C=O) groups excluding carboxylic acids is 2. The fraction of sp³-hybridized carbons (Fsp3) is 0.259. The summed E-state index contributed by atoms with van der Waals surface area (Å²) in [6, 6.07) is 11.5. The van der Waals surface area contributed by atoms with E-state index in [9.17, 15) is 23.2 Å². The molecule has 2 aromatic carbocycles. The number of ether oxygens (including phenoxy) is 1. The van der Waals surface area contributed by atoms with Crippen molar-refractivity contribution in [3.05, 3.63) is 93.0 Å². The Morgan fingerprint density at radius 3 is 2.59 bits per heavy atom. The highest BCUT2D eigenvalue weighted by molar-refractivity contribution is 6.03. The first kappa shape index (κ1) is 25.7. The summed E-state index contributed by atoms with van der Waals surface area (Å²) in [5.41, 5.74) is 3.08. The van der Waals surface area contributed by atoms with Crippen LogP contribution in [0.25, 0.3) is 10.9 Å². The Balaban J connectivity index is 1.78. The van der Waals surface area contributed by atoms with Crippen LogP contribution in [0, 0.1) is 18.6 Å². The van der Waals surface area contributed by atoms with Crippen molar-refractivity contribution in [2.45, 2.75) is 40.3 Å². The van der Waals surface area contributed by atoms with Crippen LogP contribution in [-0.2, 0) is 33.8 Å². The largest absolute Gasteiger partial charge is 0.465 e. The van der Waals surface area contributed by atoms with Crippen LogP contribution in [0.1, 0.15) is 36.4 Å². The van der Waals surface area contributed by atoms with Crippen molar-refractivity contribution in [3.8, 4) is 0 Å². The quantitative estimate of drug-likeness (QED) is 0.364. The Morgan fingerprint density at radius 2 is 1.89 bits per heavy atom. The van der Waals surface area contributed by atoms with Crippen LogP contribution in [0.3, 0.4) is 0 Å². The molecule has 0 aliphatic carbocycles. The third-order valence-electron chi connectivity index (χ3n) is 5.99. The Labute approximate surface area is 211 Å². The lowest BCUT2D eigenvalue weighted by molar-refractivity contribution is -0.143. The second kappa shape index (κ2) is 10.7. The molecule has 0 bridgehead atoms. The predicted octanol–water partition coefficient (Wildman–Crippen LogP) is 3.95. The number of halogens is 2. The van der Waals surface area contributed by atoms with Gasteiger partial charge in [0.05, 0.1) is 30.0 Å². The summed E-state index contributed by atoms with van der Waals surface area (Å²) in [6.45, 7) is 5.07. The Hall–Kier alpha value is -4.34. The van der Waals surface area contributed by atoms with E-state index >= 15 is 0 Å².